The molecular weight excluding hydrogens is 378 g/mol. The molecule has 0 saturated heterocycles. The maximum absolute atomic E-state index is 12.1. The van der Waals surface area contributed by atoms with Gasteiger partial charge >= 0.3 is 0 Å². The zero-order valence-electron chi connectivity index (χ0n) is 13.4. The molecule has 0 aliphatic carbocycles. The standard InChI is InChI=1S/C16H17N3O3S3/c1-11(19-25(21,22)15-7-4-10-23-15)16(20)17-9-8-14-18-12-5-2-3-6-13(12)24-14/h2-7,10-11,19H,8-9H2,1H3,(H,17,20). The summed E-state index contributed by atoms with van der Waals surface area (Å²) in [5, 5.41) is 5.36. The quantitative estimate of drug-likeness (QED) is 0.643. The summed E-state index contributed by atoms with van der Waals surface area (Å²) in [6, 6.07) is 10.2. The predicted molar refractivity (Wildman–Crippen MR) is 100 cm³/mol. The lowest BCUT2D eigenvalue weighted by molar-refractivity contribution is -0.122. The molecule has 1 atom stereocenters. The summed E-state index contributed by atoms with van der Waals surface area (Å²) in [5.41, 5.74) is 0.950. The average Bonchev–Trinajstić information content (AvgIpc) is 3.23. The fourth-order valence-corrected chi connectivity index (χ4v) is 5.41. The number of aromatic nitrogens is 1. The van der Waals surface area contributed by atoms with E-state index in [9.17, 15) is 13.2 Å². The van der Waals surface area contributed by atoms with Gasteiger partial charge in [-0.15, -0.1) is 22.7 Å². The molecule has 0 spiro atoms. The molecule has 25 heavy (non-hydrogen) atoms. The zero-order valence-corrected chi connectivity index (χ0v) is 15.9. The van der Waals surface area contributed by atoms with Crippen LogP contribution in [0.2, 0.25) is 0 Å². The largest absolute Gasteiger partial charge is 0.354 e. The van der Waals surface area contributed by atoms with Crippen LogP contribution in [-0.4, -0.2) is 31.9 Å². The first-order valence-corrected chi connectivity index (χ1v) is 10.8. The van der Waals surface area contributed by atoms with E-state index in [1.54, 1.807) is 22.8 Å². The van der Waals surface area contributed by atoms with Gasteiger partial charge in [0.25, 0.3) is 10.0 Å². The Labute approximate surface area is 154 Å². The predicted octanol–water partition coefficient (Wildman–Crippen LogP) is 2.38. The number of thiophene rings is 1. The number of hydrogen-bond acceptors (Lipinski definition) is 6. The molecule has 0 fully saturated rings. The summed E-state index contributed by atoms with van der Waals surface area (Å²) in [5.74, 6) is -0.360. The lowest BCUT2D eigenvalue weighted by Gasteiger charge is -2.13. The SMILES string of the molecule is CC(NS(=O)(=O)c1cccs1)C(=O)NCCc1nc2ccccc2s1. The lowest BCUT2D eigenvalue weighted by Crippen LogP contribution is -2.45. The number of thiazole rings is 1. The Morgan fingerprint density at radius 3 is 2.76 bits per heavy atom. The maximum atomic E-state index is 12.1. The average molecular weight is 396 g/mol. The Hall–Kier alpha value is -1.81. The van der Waals surface area contributed by atoms with Crippen molar-refractivity contribution in [2.75, 3.05) is 6.54 Å². The summed E-state index contributed by atoms with van der Waals surface area (Å²) in [4.78, 5) is 16.6. The Kier molecular flexibility index (Phi) is 5.48. The van der Waals surface area contributed by atoms with Crippen LogP contribution in [0.15, 0.2) is 46.0 Å². The van der Waals surface area contributed by atoms with Crippen LogP contribution in [0.3, 0.4) is 0 Å². The van der Waals surface area contributed by atoms with Crippen molar-refractivity contribution in [1.82, 2.24) is 15.0 Å². The third-order valence-electron chi connectivity index (χ3n) is 3.46. The number of benzene rings is 1. The molecule has 0 bridgehead atoms. The van der Waals surface area contributed by atoms with Crippen molar-refractivity contribution in [2.45, 2.75) is 23.6 Å². The molecule has 1 unspecified atom stereocenters. The maximum Gasteiger partial charge on any atom is 0.250 e. The molecule has 0 aliphatic rings. The van der Waals surface area contributed by atoms with E-state index in [4.69, 9.17) is 0 Å². The van der Waals surface area contributed by atoms with Crippen LogP contribution in [0.1, 0.15) is 11.9 Å². The summed E-state index contributed by atoms with van der Waals surface area (Å²) in [6.07, 6.45) is 0.607. The number of sulfonamides is 1. The molecule has 1 aromatic carbocycles. The van der Waals surface area contributed by atoms with E-state index in [0.29, 0.717) is 13.0 Å². The second-order valence-electron chi connectivity index (χ2n) is 5.39. The van der Waals surface area contributed by atoms with Gasteiger partial charge in [0.2, 0.25) is 5.91 Å². The molecule has 0 aliphatic heterocycles. The van der Waals surface area contributed by atoms with Gasteiger partial charge in [-0.3, -0.25) is 4.79 Å². The van der Waals surface area contributed by atoms with Gasteiger partial charge in [-0.25, -0.2) is 13.4 Å². The third-order valence-corrected chi connectivity index (χ3v) is 7.50. The van der Waals surface area contributed by atoms with E-state index < -0.39 is 16.1 Å². The molecule has 2 aromatic heterocycles. The molecular formula is C16H17N3O3S3. The second-order valence-corrected chi connectivity index (χ2v) is 9.40. The van der Waals surface area contributed by atoms with Crippen LogP contribution in [-0.2, 0) is 21.2 Å². The van der Waals surface area contributed by atoms with Crippen molar-refractivity contribution in [3.05, 3.63) is 46.8 Å². The van der Waals surface area contributed by atoms with Gasteiger partial charge in [0, 0.05) is 13.0 Å². The van der Waals surface area contributed by atoms with Crippen molar-refractivity contribution in [3.8, 4) is 0 Å². The van der Waals surface area contributed by atoms with Gasteiger partial charge < -0.3 is 5.32 Å². The van der Waals surface area contributed by atoms with Gasteiger partial charge in [-0.05, 0) is 30.5 Å². The molecule has 0 saturated carbocycles. The van der Waals surface area contributed by atoms with E-state index in [1.165, 1.54) is 13.0 Å². The lowest BCUT2D eigenvalue weighted by atomic mass is 10.3. The van der Waals surface area contributed by atoms with Gasteiger partial charge in [0.1, 0.15) is 4.21 Å². The van der Waals surface area contributed by atoms with Crippen molar-refractivity contribution in [3.63, 3.8) is 0 Å². The van der Waals surface area contributed by atoms with E-state index in [1.807, 2.05) is 24.3 Å². The first-order valence-electron chi connectivity index (χ1n) is 7.64. The number of rotatable bonds is 7. The van der Waals surface area contributed by atoms with Crippen molar-refractivity contribution in [1.29, 1.82) is 0 Å². The molecule has 6 nitrogen and oxygen atoms in total. The van der Waals surface area contributed by atoms with Crippen molar-refractivity contribution in [2.24, 2.45) is 0 Å². The second kappa shape index (κ2) is 7.61. The van der Waals surface area contributed by atoms with Crippen molar-refractivity contribution >= 4 is 48.8 Å². The van der Waals surface area contributed by atoms with E-state index in [0.717, 1.165) is 26.6 Å². The topological polar surface area (TPSA) is 88.2 Å². The Morgan fingerprint density at radius 2 is 2.04 bits per heavy atom. The summed E-state index contributed by atoms with van der Waals surface area (Å²) in [7, 11) is -3.66. The number of para-hydroxylation sites is 1. The molecule has 3 rings (SSSR count). The fourth-order valence-electron chi connectivity index (χ4n) is 2.23. The molecule has 2 N–H and O–H groups in total. The molecule has 132 valence electrons. The molecule has 9 heteroatoms. The number of hydrogen-bond donors (Lipinski definition) is 2. The van der Waals surface area contributed by atoms with E-state index in [-0.39, 0.29) is 10.1 Å². The van der Waals surface area contributed by atoms with Crippen LogP contribution in [0, 0.1) is 0 Å². The number of carbonyl (C=O) groups excluding carboxylic acids is 1. The Bertz CT molecular complexity index is 932. The first-order chi connectivity index (χ1) is 12.0. The minimum Gasteiger partial charge on any atom is -0.354 e. The summed E-state index contributed by atoms with van der Waals surface area (Å²) >= 11 is 2.70. The van der Waals surface area contributed by atoms with E-state index in [2.05, 4.69) is 15.0 Å². The van der Waals surface area contributed by atoms with Gasteiger partial charge in [-0.1, -0.05) is 18.2 Å². The van der Waals surface area contributed by atoms with Gasteiger partial charge in [0.05, 0.1) is 21.3 Å². The summed E-state index contributed by atoms with van der Waals surface area (Å²) in [6.45, 7) is 1.93. The van der Waals surface area contributed by atoms with E-state index >= 15 is 0 Å². The zero-order chi connectivity index (χ0) is 17.9. The third kappa shape index (κ3) is 4.43. The highest BCUT2D eigenvalue weighted by Gasteiger charge is 2.22. The van der Waals surface area contributed by atoms with Gasteiger partial charge in [0.15, 0.2) is 0 Å². The smallest absolute Gasteiger partial charge is 0.250 e. The minimum atomic E-state index is -3.66. The van der Waals surface area contributed by atoms with Crippen LogP contribution in [0.5, 0.6) is 0 Å². The van der Waals surface area contributed by atoms with Crippen LogP contribution >= 0.6 is 22.7 Å². The van der Waals surface area contributed by atoms with Crippen LogP contribution in [0.25, 0.3) is 10.2 Å². The highest BCUT2D eigenvalue weighted by atomic mass is 32.2. The Balaban J connectivity index is 1.51. The minimum absolute atomic E-state index is 0.196. The molecule has 0 radical (unpaired) electrons. The highest BCUT2D eigenvalue weighted by molar-refractivity contribution is 7.91. The molecule has 3 aromatic rings. The number of fused-ring (bicyclic) bond motifs is 1. The van der Waals surface area contributed by atoms with Crippen LogP contribution < -0.4 is 10.0 Å². The number of nitrogens with one attached hydrogen (secondary N) is 2. The number of nitrogens with zero attached hydrogens (tertiary/aromatic N) is 1. The van der Waals surface area contributed by atoms with Crippen LogP contribution in [0.4, 0.5) is 0 Å². The molecule has 2 heterocycles. The summed E-state index contributed by atoms with van der Waals surface area (Å²) < 4.78 is 27.9. The monoisotopic (exact) mass is 395 g/mol. The van der Waals surface area contributed by atoms with Crippen molar-refractivity contribution < 1.29 is 13.2 Å². The molecule has 1 amide bonds. The normalized spacial score (nSPS) is 13.0. The fraction of sp³-hybridized carbons (Fsp3) is 0.250. The van der Waals surface area contributed by atoms with Gasteiger partial charge in [-0.2, -0.15) is 4.72 Å². The number of amides is 1. The number of carbonyl (C=O) groups is 1. The first kappa shape index (κ1) is 18.0. The highest BCUT2D eigenvalue weighted by Crippen LogP contribution is 2.21. The Morgan fingerprint density at radius 1 is 1.24 bits per heavy atom.